The Morgan fingerprint density at radius 3 is 2.31 bits per heavy atom. The van der Waals surface area contributed by atoms with Crippen LogP contribution in [0.5, 0.6) is 5.75 Å². The highest BCUT2D eigenvalue weighted by Gasteiger charge is 2.38. The lowest BCUT2D eigenvalue weighted by Crippen LogP contribution is -2.28. The summed E-state index contributed by atoms with van der Waals surface area (Å²) in [5, 5.41) is 6.56. The van der Waals surface area contributed by atoms with E-state index in [0.29, 0.717) is 37.6 Å². The van der Waals surface area contributed by atoms with E-state index >= 15 is 0 Å². The number of carbonyl (C=O) groups excluding carboxylic acids is 1. The standard InChI is InChI=1S/C28H27F3N2O5S/c1-4-35-22(26(34)36-5-2)15-18-6-12-21(13-7-18)37-16-24-17(3)14-23(39-24)19-8-10-20(11-9-19)25-32-33-27(38-25)28(29,30)31/h6-14,22H,4-5,15-16H2,1-3H3. The fourth-order valence-corrected chi connectivity index (χ4v) is 4.86. The number of carbonyl (C=O) groups is 1. The maximum Gasteiger partial charge on any atom is 0.470 e. The Kier molecular flexibility index (Phi) is 9.03. The summed E-state index contributed by atoms with van der Waals surface area (Å²) in [6, 6.07) is 16.4. The van der Waals surface area contributed by atoms with E-state index < -0.39 is 18.2 Å². The van der Waals surface area contributed by atoms with Crippen molar-refractivity contribution in [1.82, 2.24) is 10.2 Å². The minimum absolute atomic E-state index is 0.189. The molecule has 0 saturated carbocycles. The van der Waals surface area contributed by atoms with E-state index in [9.17, 15) is 18.0 Å². The Bertz CT molecular complexity index is 1380. The van der Waals surface area contributed by atoms with Gasteiger partial charge >= 0.3 is 18.0 Å². The van der Waals surface area contributed by atoms with Crippen LogP contribution in [0, 0.1) is 6.92 Å². The summed E-state index contributed by atoms with van der Waals surface area (Å²) in [4.78, 5) is 14.1. The van der Waals surface area contributed by atoms with Gasteiger partial charge in [0.2, 0.25) is 5.89 Å². The van der Waals surface area contributed by atoms with Gasteiger partial charge in [0.05, 0.1) is 6.61 Å². The number of hydrogen-bond donors (Lipinski definition) is 0. The second-order valence-corrected chi connectivity index (χ2v) is 9.67. The predicted molar refractivity (Wildman–Crippen MR) is 139 cm³/mol. The lowest BCUT2D eigenvalue weighted by atomic mass is 10.1. The summed E-state index contributed by atoms with van der Waals surface area (Å²) in [5.41, 5.74) is 3.30. The van der Waals surface area contributed by atoms with E-state index in [1.54, 1.807) is 42.5 Å². The molecule has 1 unspecified atom stereocenters. The van der Waals surface area contributed by atoms with Gasteiger partial charge in [-0.1, -0.05) is 24.3 Å². The molecular weight excluding hydrogens is 533 g/mol. The highest BCUT2D eigenvalue weighted by atomic mass is 32.1. The molecule has 0 aliphatic heterocycles. The average molecular weight is 561 g/mol. The molecule has 4 aromatic rings. The SMILES string of the molecule is CCOC(=O)C(Cc1ccc(OCc2sc(-c3ccc(-c4nnc(C(F)(F)F)o4)cc3)cc2C)cc1)OCC. The molecule has 39 heavy (non-hydrogen) atoms. The third-order valence-corrected chi connectivity index (χ3v) is 7.00. The first kappa shape index (κ1) is 28.3. The van der Waals surface area contributed by atoms with Gasteiger partial charge in [-0.25, -0.2) is 4.79 Å². The highest BCUT2D eigenvalue weighted by Crippen LogP contribution is 2.34. The van der Waals surface area contributed by atoms with Crippen LogP contribution in [-0.2, 0) is 33.5 Å². The number of aromatic nitrogens is 2. The monoisotopic (exact) mass is 560 g/mol. The molecule has 0 radical (unpaired) electrons. The summed E-state index contributed by atoms with van der Waals surface area (Å²) >= 11 is 1.57. The van der Waals surface area contributed by atoms with Crippen molar-refractivity contribution in [1.29, 1.82) is 0 Å². The number of rotatable bonds is 11. The van der Waals surface area contributed by atoms with E-state index in [2.05, 4.69) is 10.2 Å². The zero-order valence-electron chi connectivity index (χ0n) is 21.6. The summed E-state index contributed by atoms with van der Waals surface area (Å²) in [7, 11) is 0. The zero-order valence-corrected chi connectivity index (χ0v) is 22.4. The fourth-order valence-electron chi connectivity index (χ4n) is 3.77. The molecule has 0 N–H and O–H groups in total. The fraction of sp³-hybridized carbons (Fsp3) is 0.321. The number of alkyl halides is 3. The van der Waals surface area contributed by atoms with Gasteiger partial charge in [0.1, 0.15) is 12.4 Å². The first-order valence-corrected chi connectivity index (χ1v) is 13.1. The molecule has 0 aliphatic carbocycles. The van der Waals surface area contributed by atoms with Gasteiger partial charge < -0.3 is 18.6 Å². The quantitative estimate of drug-likeness (QED) is 0.185. The molecule has 0 aliphatic rings. The molecule has 0 spiro atoms. The Balaban J connectivity index is 1.37. The summed E-state index contributed by atoms with van der Waals surface area (Å²) < 4.78 is 59.5. The van der Waals surface area contributed by atoms with Crippen LogP contribution in [0.2, 0.25) is 0 Å². The Labute approximate surface area is 227 Å². The van der Waals surface area contributed by atoms with Crippen molar-refractivity contribution in [2.24, 2.45) is 0 Å². The number of benzene rings is 2. The van der Waals surface area contributed by atoms with Crippen molar-refractivity contribution in [3.8, 4) is 27.6 Å². The normalized spacial score (nSPS) is 12.4. The number of ether oxygens (including phenoxy) is 3. The first-order valence-electron chi connectivity index (χ1n) is 12.3. The topological polar surface area (TPSA) is 83.7 Å². The molecule has 11 heteroatoms. The van der Waals surface area contributed by atoms with E-state index in [-0.39, 0.29) is 11.9 Å². The van der Waals surface area contributed by atoms with Crippen molar-refractivity contribution in [2.45, 2.75) is 46.1 Å². The predicted octanol–water partition coefficient (Wildman–Crippen LogP) is 6.88. The van der Waals surface area contributed by atoms with Crippen molar-refractivity contribution in [3.63, 3.8) is 0 Å². The average Bonchev–Trinajstić information content (AvgIpc) is 3.56. The van der Waals surface area contributed by atoms with Crippen molar-refractivity contribution in [3.05, 3.63) is 76.5 Å². The van der Waals surface area contributed by atoms with Crippen LogP contribution < -0.4 is 4.74 Å². The van der Waals surface area contributed by atoms with Crippen LogP contribution in [-0.4, -0.2) is 35.5 Å². The Hall–Kier alpha value is -3.70. The van der Waals surface area contributed by atoms with Gasteiger partial charge in [0.15, 0.2) is 6.10 Å². The van der Waals surface area contributed by atoms with Crippen LogP contribution in [0.15, 0.2) is 59.0 Å². The first-order chi connectivity index (χ1) is 18.7. The van der Waals surface area contributed by atoms with Crippen molar-refractivity contribution >= 4 is 17.3 Å². The molecule has 0 amide bonds. The van der Waals surface area contributed by atoms with E-state index in [0.717, 1.165) is 26.4 Å². The lowest BCUT2D eigenvalue weighted by Gasteiger charge is -2.15. The number of aryl methyl sites for hydroxylation is 1. The Morgan fingerprint density at radius 2 is 1.69 bits per heavy atom. The van der Waals surface area contributed by atoms with Crippen LogP contribution in [0.4, 0.5) is 13.2 Å². The molecule has 0 bridgehead atoms. The molecule has 0 fully saturated rings. The van der Waals surface area contributed by atoms with Crippen LogP contribution >= 0.6 is 11.3 Å². The third-order valence-electron chi connectivity index (χ3n) is 5.74. The van der Waals surface area contributed by atoms with E-state index in [1.165, 1.54) is 0 Å². The number of hydrogen-bond acceptors (Lipinski definition) is 8. The maximum atomic E-state index is 12.7. The van der Waals surface area contributed by atoms with Crippen LogP contribution in [0.3, 0.4) is 0 Å². The largest absolute Gasteiger partial charge is 0.488 e. The molecule has 7 nitrogen and oxygen atoms in total. The van der Waals surface area contributed by atoms with E-state index in [4.69, 9.17) is 18.6 Å². The molecular formula is C28H27F3N2O5S. The lowest BCUT2D eigenvalue weighted by molar-refractivity contribution is -0.157. The molecule has 4 rings (SSSR count). The zero-order chi connectivity index (χ0) is 28.0. The third kappa shape index (κ3) is 7.24. The van der Waals surface area contributed by atoms with Gasteiger partial charge in [0.25, 0.3) is 0 Å². The van der Waals surface area contributed by atoms with Crippen molar-refractivity contribution in [2.75, 3.05) is 13.2 Å². The second-order valence-electron chi connectivity index (χ2n) is 8.54. The van der Waals surface area contributed by atoms with Crippen LogP contribution in [0.1, 0.15) is 35.7 Å². The smallest absolute Gasteiger partial charge is 0.470 e. The molecule has 206 valence electrons. The summed E-state index contributed by atoms with van der Waals surface area (Å²) in [6.07, 6.45) is -4.92. The van der Waals surface area contributed by atoms with Gasteiger partial charge in [-0.2, -0.15) is 13.2 Å². The Morgan fingerprint density at radius 1 is 1.00 bits per heavy atom. The minimum Gasteiger partial charge on any atom is -0.488 e. The minimum atomic E-state index is -4.68. The van der Waals surface area contributed by atoms with Gasteiger partial charge in [-0.05, 0) is 67.8 Å². The molecule has 2 aromatic heterocycles. The summed E-state index contributed by atoms with van der Waals surface area (Å²) in [6.45, 7) is 6.69. The number of esters is 1. The van der Waals surface area contributed by atoms with Gasteiger partial charge in [-0.15, -0.1) is 21.5 Å². The molecule has 2 aromatic carbocycles. The number of halogens is 3. The number of thiophene rings is 1. The molecule has 2 heterocycles. The van der Waals surface area contributed by atoms with Crippen LogP contribution in [0.25, 0.3) is 21.9 Å². The van der Waals surface area contributed by atoms with E-state index in [1.807, 2.05) is 44.2 Å². The summed E-state index contributed by atoms with van der Waals surface area (Å²) in [5.74, 6) is -1.24. The molecule has 0 saturated heterocycles. The number of nitrogens with zero attached hydrogens (tertiary/aromatic N) is 2. The second kappa shape index (κ2) is 12.4. The van der Waals surface area contributed by atoms with Gasteiger partial charge in [-0.3, -0.25) is 0 Å². The van der Waals surface area contributed by atoms with Gasteiger partial charge in [0, 0.05) is 28.3 Å². The highest BCUT2D eigenvalue weighted by molar-refractivity contribution is 7.15. The maximum absolute atomic E-state index is 12.7. The molecule has 1 atom stereocenters. The van der Waals surface area contributed by atoms with Crippen molar-refractivity contribution < 1.29 is 36.6 Å².